The zero-order chi connectivity index (χ0) is 21.5. The highest BCUT2D eigenvalue weighted by molar-refractivity contribution is 8.02. The van der Waals surface area contributed by atoms with Crippen molar-refractivity contribution in [3.63, 3.8) is 0 Å². The van der Waals surface area contributed by atoms with E-state index >= 15 is 0 Å². The summed E-state index contributed by atoms with van der Waals surface area (Å²) >= 11 is 1.61. The molecule has 0 N–H and O–H groups in total. The van der Waals surface area contributed by atoms with Gasteiger partial charge in [-0.3, -0.25) is 14.8 Å². The van der Waals surface area contributed by atoms with E-state index in [1.165, 1.54) is 0 Å². The Labute approximate surface area is 178 Å². The number of allylic oxidation sites excluding steroid dienone is 1. The van der Waals surface area contributed by atoms with Crippen LogP contribution in [0.5, 0.6) is 5.88 Å². The smallest absolute Gasteiger partial charge is 0.230 e. The SMILES string of the molecule is CC/C=C\N=C/[C@@H](C)/C=N/C/C=C\SCC(C)C(=O)N(C)c1ccc(OC)nc1. The van der Waals surface area contributed by atoms with Gasteiger partial charge in [0.25, 0.3) is 0 Å². The van der Waals surface area contributed by atoms with Crippen molar-refractivity contribution in [2.24, 2.45) is 21.8 Å². The number of nitrogens with zero attached hydrogens (tertiary/aromatic N) is 4. The fourth-order valence-corrected chi connectivity index (χ4v) is 2.97. The van der Waals surface area contributed by atoms with Gasteiger partial charge in [-0.2, -0.15) is 0 Å². The maximum absolute atomic E-state index is 12.6. The molecule has 1 rings (SSSR count). The minimum atomic E-state index is -0.104. The van der Waals surface area contributed by atoms with Crippen LogP contribution < -0.4 is 9.64 Å². The number of methoxy groups -OCH3 is 1. The van der Waals surface area contributed by atoms with E-state index in [1.807, 2.05) is 56.1 Å². The van der Waals surface area contributed by atoms with Gasteiger partial charge in [0.15, 0.2) is 0 Å². The van der Waals surface area contributed by atoms with Gasteiger partial charge in [-0.25, -0.2) is 4.98 Å². The standard InChI is InChI=1S/C22H32N4O2S/c1-6-7-11-23-14-18(2)15-24-12-8-13-29-17-19(3)22(27)26(4)20-9-10-21(28-5)25-16-20/h7-11,13-16,18-19H,6,12,17H2,1-5H3/b11-7-,13-8-,23-14-,24-15+/t18-,19?/m1/s1. The van der Waals surface area contributed by atoms with Crippen molar-refractivity contribution in [1.29, 1.82) is 0 Å². The van der Waals surface area contributed by atoms with Crippen LogP contribution in [-0.4, -0.2) is 49.8 Å². The molecule has 29 heavy (non-hydrogen) atoms. The van der Waals surface area contributed by atoms with E-state index in [9.17, 15) is 4.79 Å². The average molecular weight is 417 g/mol. The Morgan fingerprint density at radius 2 is 2.10 bits per heavy atom. The fourth-order valence-electron chi connectivity index (χ4n) is 2.21. The molecule has 0 radical (unpaired) electrons. The first-order valence-electron chi connectivity index (χ1n) is 9.72. The Bertz CT molecular complexity index is 714. The molecule has 2 atom stereocenters. The molecule has 0 aliphatic rings. The van der Waals surface area contributed by atoms with Gasteiger partial charge < -0.3 is 9.64 Å². The minimum absolute atomic E-state index is 0.0566. The first-order valence-corrected chi connectivity index (χ1v) is 10.8. The summed E-state index contributed by atoms with van der Waals surface area (Å²) in [6.45, 7) is 6.68. The van der Waals surface area contributed by atoms with Crippen molar-refractivity contribution in [2.75, 3.05) is 31.4 Å². The van der Waals surface area contributed by atoms with Gasteiger partial charge in [-0.1, -0.05) is 32.9 Å². The molecule has 0 fully saturated rings. The number of carbonyl (C=O) groups is 1. The molecule has 1 amide bonds. The first kappa shape index (κ1) is 24.6. The molecule has 1 aromatic rings. The predicted octanol–water partition coefficient (Wildman–Crippen LogP) is 4.64. The third-order valence-electron chi connectivity index (χ3n) is 3.91. The van der Waals surface area contributed by atoms with E-state index < -0.39 is 0 Å². The van der Waals surface area contributed by atoms with Crippen molar-refractivity contribution < 1.29 is 9.53 Å². The number of hydrogen-bond donors (Lipinski definition) is 0. The Morgan fingerprint density at radius 3 is 2.76 bits per heavy atom. The Morgan fingerprint density at radius 1 is 1.31 bits per heavy atom. The zero-order valence-electron chi connectivity index (χ0n) is 18.0. The van der Waals surface area contributed by atoms with E-state index in [0.29, 0.717) is 18.2 Å². The molecule has 0 saturated heterocycles. The highest BCUT2D eigenvalue weighted by atomic mass is 32.2. The summed E-state index contributed by atoms with van der Waals surface area (Å²) in [6, 6.07) is 3.57. The molecule has 6 nitrogen and oxygen atoms in total. The average Bonchev–Trinajstić information content (AvgIpc) is 2.74. The van der Waals surface area contributed by atoms with E-state index in [4.69, 9.17) is 4.74 Å². The van der Waals surface area contributed by atoms with E-state index in [0.717, 1.165) is 12.1 Å². The molecule has 1 aromatic heterocycles. The molecule has 158 valence electrons. The van der Waals surface area contributed by atoms with Crippen molar-refractivity contribution in [3.8, 4) is 5.88 Å². The maximum atomic E-state index is 12.6. The van der Waals surface area contributed by atoms with Crippen molar-refractivity contribution in [1.82, 2.24) is 4.98 Å². The molecular weight excluding hydrogens is 384 g/mol. The maximum Gasteiger partial charge on any atom is 0.230 e. The summed E-state index contributed by atoms with van der Waals surface area (Å²) in [6.07, 6.45) is 12.2. The quantitative estimate of drug-likeness (QED) is 0.466. The number of hydrogen-bond acceptors (Lipinski definition) is 6. The van der Waals surface area contributed by atoms with E-state index in [2.05, 4.69) is 21.9 Å². The van der Waals surface area contributed by atoms with Gasteiger partial charge in [-0.15, -0.1) is 11.8 Å². The van der Waals surface area contributed by atoms with Crippen LogP contribution in [0.15, 0.2) is 52.1 Å². The van der Waals surface area contributed by atoms with E-state index in [-0.39, 0.29) is 17.7 Å². The minimum Gasteiger partial charge on any atom is -0.481 e. The number of aromatic nitrogens is 1. The van der Waals surface area contributed by atoms with Crippen molar-refractivity contribution >= 4 is 35.8 Å². The molecule has 0 spiro atoms. The molecule has 0 saturated carbocycles. The summed E-state index contributed by atoms with van der Waals surface area (Å²) in [5.41, 5.74) is 0.750. The van der Waals surface area contributed by atoms with Crippen LogP contribution in [0.1, 0.15) is 27.2 Å². The van der Waals surface area contributed by atoms with Gasteiger partial charge in [0, 0.05) is 49.3 Å². The molecule has 1 unspecified atom stereocenters. The second kappa shape index (κ2) is 14.6. The number of carbonyl (C=O) groups excluding carboxylic acids is 1. The lowest BCUT2D eigenvalue weighted by atomic mass is 10.2. The summed E-state index contributed by atoms with van der Waals surface area (Å²) in [5.74, 6) is 1.40. The second-order valence-electron chi connectivity index (χ2n) is 6.53. The van der Waals surface area contributed by atoms with Gasteiger partial charge in [-0.05, 0) is 17.9 Å². The monoisotopic (exact) mass is 416 g/mol. The third kappa shape index (κ3) is 10.1. The topological polar surface area (TPSA) is 67.2 Å². The van der Waals surface area contributed by atoms with Crippen LogP contribution in [0.2, 0.25) is 0 Å². The van der Waals surface area contributed by atoms with Crippen LogP contribution in [0.4, 0.5) is 5.69 Å². The van der Waals surface area contributed by atoms with E-state index in [1.54, 1.807) is 43.1 Å². The van der Waals surface area contributed by atoms with Crippen molar-refractivity contribution in [2.45, 2.75) is 27.2 Å². The van der Waals surface area contributed by atoms with Gasteiger partial charge >= 0.3 is 0 Å². The number of ether oxygens (including phenoxy) is 1. The number of pyridine rings is 1. The summed E-state index contributed by atoms with van der Waals surface area (Å²) < 4.78 is 5.04. The molecule has 0 aromatic carbocycles. The van der Waals surface area contributed by atoms with Crippen LogP contribution >= 0.6 is 11.8 Å². The Kier molecular flexibility index (Phi) is 12.4. The highest BCUT2D eigenvalue weighted by Crippen LogP contribution is 2.19. The third-order valence-corrected chi connectivity index (χ3v) is 4.99. The number of amides is 1. The lowest BCUT2D eigenvalue weighted by Gasteiger charge is -2.20. The lowest BCUT2D eigenvalue weighted by molar-refractivity contribution is -0.120. The Balaban J connectivity index is 2.33. The number of aliphatic imine (C=N–C) groups is 2. The lowest BCUT2D eigenvalue weighted by Crippen LogP contribution is -2.32. The van der Waals surface area contributed by atoms with Gasteiger partial charge in [0.2, 0.25) is 11.8 Å². The molecule has 0 bridgehead atoms. The summed E-state index contributed by atoms with van der Waals surface area (Å²) in [7, 11) is 3.33. The van der Waals surface area contributed by atoms with Crippen molar-refractivity contribution in [3.05, 3.63) is 42.1 Å². The van der Waals surface area contributed by atoms with Crippen LogP contribution in [0.3, 0.4) is 0 Å². The molecule has 0 aliphatic carbocycles. The summed E-state index contributed by atoms with van der Waals surface area (Å²) in [4.78, 5) is 26.9. The van der Waals surface area contributed by atoms with Gasteiger partial charge in [0.1, 0.15) is 0 Å². The fraction of sp³-hybridized carbons (Fsp3) is 0.455. The molecular formula is C22H32N4O2S. The normalized spacial score (nSPS) is 14.2. The zero-order valence-corrected chi connectivity index (χ0v) is 18.8. The van der Waals surface area contributed by atoms with Crippen LogP contribution in [0.25, 0.3) is 0 Å². The first-order chi connectivity index (χ1) is 14.0. The molecule has 1 heterocycles. The second-order valence-corrected chi connectivity index (χ2v) is 7.47. The molecule has 0 aliphatic heterocycles. The number of rotatable bonds is 12. The Hall–Kier alpha value is -2.41. The van der Waals surface area contributed by atoms with Crippen LogP contribution in [0, 0.1) is 11.8 Å². The number of anilines is 1. The summed E-state index contributed by atoms with van der Waals surface area (Å²) in [5, 5.41) is 2.00. The highest BCUT2D eigenvalue weighted by Gasteiger charge is 2.18. The number of thioether (sulfide) groups is 1. The predicted molar refractivity (Wildman–Crippen MR) is 125 cm³/mol. The largest absolute Gasteiger partial charge is 0.481 e. The van der Waals surface area contributed by atoms with Gasteiger partial charge in [0.05, 0.1) is 25.5 Å². The molecule has 7 heteroatoms. The van der Waals surface area contributed by atoms with Crippen LogP contribution in [-0.2, 0) is 4.79 Å².